The van der Waals surface area contributed by atoms with Crippen molar-refractivity contribution in [2.24, 2.45) is 0 Å². The summed E-state index contributed by atoms with van der Waals surface area (Å²) in [5.41, 5.74) is 2.01. The van der Waals surface area contributed by atoms with Gasteiger partial charge >= 0.3 is 0 Å². The van der Waals surface area contributed by atoms with E-state index >= 15 is 0 Å². The normalized spacial score (nSPS) is 10.6. The quantitative estimate of drug-likeness (QED) is 0.622. The summed E-state index contributed by atoms with van der Waals surface area (Å²) in [6.45, 7) is 0. The maximum atomic E-state index is 12.4. The highest BCUT2D eigenvalue weighted by Crippen LogP contribution is 2.23. The van der Waals surface area contributed by atoms with E-state index in [1.54, 1.807) is 18.3 Å². The molecule has 21 heavy (non-hydrogen) atoms. The van der Waals surface area contributed by atoms with E-state index in [1.807, 2.05) is 36.4 Å². The first kappa shape index (κ1) is 14.3. The van der Waals surface area contributed by atoms with Crippen molar-refractivity contribution in [3.8, 4) is 0 Å². The summed E-state index contributed by atoms with van der Waals surface area (Å²) in [4.78, 5) is 16.8. The number of pyridine rings is 1. The van der Waals surface area contributed by atoms with Crippen LogP contribution < -0.4 is 5.32 Å². The summed E-state index contributed by atoms with van der Waals surface area (Å²) in [7, 11) is 0. The van der Waals surface area contributed by atoms with Gasteiger partial charge in [0.1, 0.15) is 0 Å². The number of nitrogens with zero attached hydrogens (tertiary/aromatic N) is 1. The third-order valence-corrected chi connectivity index (χ3v) is 4.23. The summed E-state index contributed by atoms with van der Waals surface area (Å²) in [5.74, 6) is -0.194. The fraction of sp³-hybridized carbons (Fsp3) is 0. The number of nitrogens with one attached hydrogen (secondary N) is 1. The van der Waals surface area contributed by atoms with Crippen molar-refractivity contribution < 1.29 is 4.79 Å². The largest absolute Gasteiger partial charge is 0.320 e. The SMILES string of the molecule is O=C(Nc1cccc2cccnc12)c1cc(Cl)ccc1I. The molecule has 104 valence electrons. The van der Waals surface area contributed by atoms with Crippen LogP contribution in [0.2, 0.25) is 5.02 Å². The number of hydrogen-bond donors (Lipinski definition) is 1. The molecule has 0 bridgehead atoms. The molecule has 1 aromatic heterocycles. The Morgan fingerprint density at radius 2 is 1.95 bits per heavy atom. The Hall–Kier alpha value is -1.66. The number of halogens is 2. The van der Waals surface area contributed by atoms with E-state index in [9.17, 15) is 4.79 Å². The molecule has 0 aliphatic carbocycles. The first-order chi connectivity index (χ1) is 10.1. The lowest BCUT2D eigenvalue weighted by atomic mass is 10.1. The average molecular weight is 409 g/mol. The molecule has 0 saturated heterocycles. The van der Waals surface area contributed by atoms with E-state index in [-0.39, 0.29) is 5.91 Å². The molecule has 0 spiro atoms. The molecule has 3 nitrogen and oxygen atoms in total. The zero-order valence-electron chi connectivity index (χ0n) is 10.8. The van der Waals surface area contributed by atoms with Crippen molar-refractivity contribution in [2.45, 2.75) is 0 Å². The Balaban J connectivity index is 1.99. The lowest BCUT2D eigenvalue weighted by Gasteiger charge is -2.09. The van der Waals surface area contributed by atoms with Gasteiger partial charge in [-0.3, -0.25) is 9.78 Å². The van der Waals surface area contributed by atoms with Gasteiger partial charge in [-0.1, -0.05) is 29.8 Å². The van der Waals surface area contributed by atoms with Gasteiger partial charge in [-0.25, -0.2) is 0 Å². The third kappa shape index (κ3) is 3.01. The molecule has 0 aliphatic heterocycles. The summed E-state index contributed by atoms with van der Waals surface area (Å²) >= 11 is 8.08. The van der Waals surface area contributed by atoms with E-state index in [0.717, 1.165) is 14.5 Å². The Kier molecular flexibility index (Phi) is 4.07. The molecule has 0 atom stereocenters. The number of anilines is 1. The number of rotatable bonds is 2. The van der Waals surface area contributed by atoms with Crippen molar-refractivity contribution in [3.63, 3.8) is 0 Å². The average Bonchev–Trinajstić information content (AvgIpc) is 2.50. The van der Waals surface area contributed by atoms with Crippen molar-refractivity contribution >= 4 is 56.7 Å². The highest BCUT2D eigenvalue weighted by atomic mass is 127. The fourth-order valence-electron chi connectivity index (χ4n) is 2.07. The summed E-state index contributed by atoms with van der Waals surface area (Å²) in [6, 6.07) is 14.8. The summed E-state index contributed by atoms with van der Waals surface area (Å²) in [5, 5.41) is 4.43. The maximum absolute atomic E-state index is 12.4. The van der Waals surface area contributed by atoms with Gasteiger partial charge in [-0.15, -0.1) is 0 Å². The van der Waals surface area contributed by atoms with Gasteiger partial charge in [0.2, 0.25) is 0 Å². The van der Waals surface area contributed by atoms with Crippen LogP contribution in [0.25, 0.3) is 10.9 Å². The smallest absolute Gasteiger partial charge is 0.256 e. The van der Waals surface area contributed by atoms with E-state index in [2.05, 4.69) is 32.9 Å². The molecule has 1 amide bonds. The van der Waals surface area contributed by atoms with Crippen LogP contribution in [0.5, 0.6) is 0 Å². The predicted octanol–water partition coefficient (Wildman–Crippen LogP) is 4.75. The Morgan fingerprint density at radius 3 is 2.81 bits per heavy atom. The Morgan fingerprint density at radius 1 is 1.14 bits per heavy atom. The zero-order valence-corrected chi connectivity index (χ0v) is 13.7. The molecule has 3 aromatic rings. The molecular formula is C16H10ClIN2O. The van der Waals surface area contributed by atoms with E-state index in [4.69, 9.17) is 11.6 Å². The lowest BCUT2D eigenvalue weighted by molar-refractivity contribution is 0.102. The number of amides is 1. The van der Waals surface area contributed by atoms with E-state index in [0.29, 0.717) is 16.3 Å². The van der Waals surface area contributed by atoms with Crippen LogP contribution in [0, 0.1) is 3.57 Å². The van der Waals surface area contributed by atoms with Gasteiger partial charge in [0.25, 0.3) is 5.91 Å². The monoisotopic (exact) mass is 408 g/mol. The highest BCUT2D eigenvalue weighted by molar-refractivity contribution is 14.1. The van der Waals surface area contributed by atoms with E-state index < -0.39 is 0 Å². The number of aromatic nitrogens is 1. The lowest BCUT2D eigenvalue weighted by Crippen LogP contribution is -2.13. The molecule has 0 fully saturated rings. The zero-order chi connectivity index (χ0) is 14.8. The number of hydrogen-bond acceptors (Lipinski definition) is 2. The van der Waals surface area contributed by atoms with Crippen molar-refractivity contribution in [1.29, 1.82) is 0 Å². The second-order valence-corrected chi connectivity index (χ2v) is 6.06. The van der Waals surface area contributed by atoms with Crippen LogP contribution in [0.3, 0.4) is 0 Å². The van der Waals surface area contributed by atoms with Gasteiger partial charge in [-0.2, -0.15) is 0 Å². The molecule has 0 radical (unpaired) electrons. The fourth-order valence-corrected chi connectivity index (χ4v) is 2.82. The number of carbonyl (C=O) groups excluding carboxylic acids is 1. The van der Waals surface area contributed by atoms with Crippen LogP contribution >= 0.6 is 34.2 Å². The predicted molar refractivity (Wildman–Crippen MR) is 93.9 cm³/mol. The van der Waals surface area contributed by atoms with Crippen LogP contribution in [0.15, 0.2) is 54.7 Å². The minimum atomic E-state index is -0.194. The van der Waals surface area contributed by atoms with Gasteiger partial charge in [-0.05, 0) is 52.9 Å². The molecule has 0 aliphatic rings. The number of benzene rings is 2. The molecule has 0 saturated carbocycles. The second kappa shape index (κ2) is 5.99. The van der Waals surface area contributed by atoms with Gasteiger partial charge in [0, 0.05) is 20.2 Å². The summed E-state index contributed by atoms with van der Waals surface area (Å²) < 4.78 is 0.850. The van der Waals surface area contributed by atoms with Gasteiger partial charge in [0.15, 0.2) is 0 Å². The van der Waals surface area contributed by atoms with Crippen LogP contribution in [-0.2, 0) is 0 Å². The van der Waals surface area contributed by atoms with Crippen LogP contribution in [0.4, 0.5) is 5.69 Å². The summed E-state index contributed by atoms with van der Waals surface area (Å²) in [6.07, 6.45) is 1.71. The molecule has 2 aromatic carbocycles. The first-order valence-electron chi connectivity index (χ1n) is 6.25. The van der Waals surface area contributed by atoms with Crippen molar-refractivity contribution in [1.82, 2.24) is 4.98 Å². The highest BCUT2D eigenvalue weighted by Gasteiger charge is 2.12. The van der Waals surface area contributed by atoms with Gasteiger partial charge in [0.05, 0.1) is 16.8 Å². The van der Waals surface area contributed by atoms with Crippen molar-refractivity contribution in [3.05, 3.63) is 68.9 Å². The standard InChI is InChI=1S/C16H10ClIN2O/c17-11-6-7-13(18)12(9-11)16(21)20-14-5-1-3-10-4-2-8-19-15(10)14/h1-9H,(H,20,21). The maximum Gasteiger partial charge on any atom is 0.256 e. The topological polar surface area (TPSA) is 42.0 Å². The second-order valence-electron chi connectivity index (χ2n) is 4.46. The number of para-hydroxylation sites is 1. The molecule has 1 heterocycles. The van der Waals surface area contributed by atoms with Crippen molar-refractivity contribution in [2.75, 3.05) is 5.32 Å². The number of fused-ring (bicyclic) bond motifs is 1. The molecule has 1 N–H and O–H groups in total. The van der Waals surface area contributed by atoms with Crippen LogP contribution in [0.1, 0.15) is 10.4 Å². The Bertz CT molecular complexity index is 830. The van der Waals surface area contributed by atoms with Crippen LogP contribution in [-0.4, -0.2) is 10.9 Å². The third-order valence-electron chi connectivity index (χ3n) is 3.05. The molecule has 3 rings (SSSR count). The minimum absolute atomic E-state index is 0.194. The minimum Gasteiger partial charge on any atom is -0.320 e. The first-order valence-corrected chi connectivity index (χ1v) is 7.71. The Labute approximate surface area is 140 Å². The number of carbonyl (C=O) groups is 1. The molecular weight excluding hydrogens is 399 g/mol. The molecule has 0 unspecified atom stereocenters. The van der Waals surface area contributed by atoms with Gasteiger partial charge < -0.3 is 5.32 Å². The van der Waals surface area contributed by atoms with E-state index in [1.165, 1.54) is 0 Å². The molecule has 5 heteroatoms.